The van der Waals surface area contributed by atoms with Crippen LogP contribution >= 0.6 is 0 Å². The molecule has 0 spiro atoms. The second kappa shape index (κ2) is 9.96. The van der Waals surface area contributed by atoms with E-state index in [-0.39, 0.29) is 24.7 Å². The van der Waals surface area contributed by atoms with Crippen LogP contribution in [0.25, 0.3) is 22.2 Å². The van der Waals surface area contributed by atoms with E-state index in [0.29, 0.717) is 19.4 Å². The number of aryl methyl sites for hydroxylation is 1. The molecule has 0 saturated carbocycles. The van der Waals surface area contributed by atoms with E-state index in [9.17, 15) is 22.4 Å². The predicted molar refractivity (Wildman–Crippen MR) is 113 cm³/mol. The number of amides is 1. The van der Waals surface area contributed by atoms with Gasteiger partial charge in [-0.1, -0.05) is 18.2 Å². The molecule has 8 heteroatoms. The number of nitrogens with one attached hydrogen (secondary N) is 2. The van der Waals surface area contributed by atoms with Crippen LogP contribution in [0.15, 0.2) is 48.5 Å². The first-order valence-electron chi connectivity index (χ1n) is 10.1. The molecule has 2 aromatic carbocycles. The summed E-state index contributed by atoms with van der Waals surface area (Å²) in [4.78, 5) is 16.8. The smallest absolute Gasteiger partial charge is 0.356 e. The second-order valence-electron chi connectivity index (χ2n) is 7.59. The normalized spacial score (nSPS) is 11.9. The third-order valence-corrected chi connectivity index (χ3v) is 5.04. The lowest BCUT2D eigenvalue weighted by atomic mass is 10.0. The fraction of sp³-hybridized carbons (Fsp3) is 0.348. The van der Waals surface area contributed by atoms with Crippen LogP contribution in [0.1, 0.15) is 18.4 Å². The zero-order valence-electron chi connectivity index (χ0n) is 17.2. The second-order valence-corrected chi connectivity index (χ2v) is 7.59. The van der Waals surface area contributed by atoms with Gasteiger partial charge < -0.3 is 10.3 Å². The van der Waals surface area contributed by atoms with E-state index >= 15 is 0 Å². The van der Waals surface area contributed by atoms with Gasteiger partial charge >= 0.3 is 6.18 Å². The Hall–Kier alpha value is -2.87. The van der Waals surface area contributed by atoms with E-state index in [1.54, 1.807) is 12.1 Å². The van der Waals surface area contributed by atoms with Crippen molar-refractivity contribution < 1.29 is 22.4 Å². The van der Waals surface area contributed by atoms with E-state index in [4.69, 9.17) is 0 Å². The minimum Gasteiger partial charge on any atom is -0.356 e. The minimum absolute atomic E-state index is 0.159. The zero-order valence-corrected chi connectivity index (χ0v) is 17.2. The van der Waals surface area contributed by atoms with Crippen molar-refractivity contribution in [2.45, 2.75) is 25.4 Å². The Morgan fingerprint density at radius 3 is 2.52 bits per heavy atom. The van der Waals surface area contributed by atoms with Crippen LogP contribution in [0.4, 0.5) is 17.6 Å². The van der Waals surface area contributed by atoms with E-state index in [1.165, 1.54) is 24.1 Å². The van der Waals surface area contributed by atoms with Crippen molar-refractivity contribution in [3.8, 4) is 11.3 Å². The largest absolute Gasteiger partial charge is 0.401 e. The first-order chi connectivity index (χ1) is 14.7. The highest BCUT2D eigenvalue weighted by atomic mass is 19.4. The third-order valence-electron chi connectivity index (χ3n) is 5.04. The Bertz CT molecular complexity index is 1010. The van der Waals surface area contributed by atoms with Crippen LogP contribution in [0.3, 0.4) is 0 Å². The summed E-state index contributed by atoms with van der Waals surface area (Å²) in [6.07, 6.45) is -3.06. The Labute approximate surface area is 178 Å². The van der Waals surface area contributed by atoms with Crippen LogP contribution in [0.5, 0.6) is 0 Å². The average Bonchev–Trinajstić information content (AvgIpc) is 3.07. The highest BCUT2D eigenvalue weighted by Gasteiger charge is 2.28. The number of nitrogens with zero attached hydrogens (tertiary/aromatic N) is 1. The number of carbonyl (C=O) groups excluding carboxylic acids is 1. The van der Waals surface area contributed by atoms with Gasteiger partial charge in [-0.05, 0) is 67.9 Å². The number of hydrogen-bond donors (Lipinski definition) is 2. The molecule has 31 heavy (non-hydrogen) atoms. The zero-order chi connectivity index (χ0) is 22.4. The molecule has 1 aromatic heterocycles. The molecule has 0 bridgehead atoms. The first-order valence-corrected chi connectivity index (χ1v) is 10.1. The van der Waals surface area contributed by atoms with Crippen LogP contribution in [-0.4, -0.2) is 48.6 Å². The van der Waals surface area contributed by atoms with E-state index < -0.39 is 12.7 Å². The van der Waals surface area contributed by atoms with Gasteiger partial charge in [0, 0.05) is 29.6 Å². The Balaban J connectivity index is 1.58. The Morgan fingerprint density at radius 1 is 1.10 bits per heavy atom. The number of para-hydroxylation sites is 1. The van der Waals surface area contributed by atoms with E-state index in [0.717, 1.165) is 27.7 Å². The number of rotatable bonds is 9. The number of benzene rings is 2. The lowest BCUT2D eigenvalue weighted by molar-refractivity contribution is -0.143. The molecule has 2 N–H and O–H groups in total. The van der Waals surface area contributed by atoms with Crippen LogP contribution in [0.2, 0.25) is 0 Å². The Kier molecular flexibility index (Phi) is 7.33. The molecule has 0 saturated heterocycles. The molecule has 1 amide bonds. The van der Waals surface area contributed by atoms with Gasteiger partial charge in [0.2, 0.25) is 5.91 Å². The van der Waals surface area contributed by atoms with Gasteiger partial charge in [-0.2, -0.15) is 13.2 Å². The van der Waals surface area contributed by atoms with Crippen molar-refractivity contribution in [2.75, 3.05) is 26.7 Å². The summed E-state index contributed by atoms with van der Waals surface area (Å²) in [6.45, 7) is -0.398. The van der Waals surface area contributed by atoms with Crippen LogP contribution in [0, 0.1) is 5.82 Å². The summed E-state index contributed by atoms with van der Waals surface area (Å²) in [5, 5.41) is 3.77. The van der Waals surface area contributed by atoms with Gasteiger partial charge in [-0.15, -0.1) is 0 Å². The molecular weight excluding hydrogens is 410 g/mol. The SMILES string of the molecule is CN(CCCNC(=O)CCc1c(-c2ccc(F)cc2)[nH]c2ccccc12)CC(F)(F)F. The predicted octanol–water partition coefficient (Wildman–Crippen LogP) is 4.91. The number of fused-ring (bicyclic) bond motifs is 1. The highest BCUT2D eigenvalue weighted by Crippen LogP contribution is 2.31. The fourth-order valence-corrected chi connectivity index (χ4v) is 3.61. The molecule has 3 aromatic rings. The van der Waals surface area contributed by atoms with Gasteiger partial charge in [0.1, 0.15) is 5.82 Å². The standard InChI is InChI=1S/C23H25F4N3O/c1-30(15-23(25,26)27)14-4-13-28-21(31)12-11-19-18-5-2-3-6-20(18)29-22(19)16-7-9-17(24)10-8-16/h2-3,5-10,29H,4,11-15H2,1H3,(H,28,31). The van der Waals surface area contributed by atoms with Crippen molar-refractivity contribution in [1.82, 2.24) is 15.2 Å². The number of alkyl halides is 3. The van der Waals surface area contributed by atoms with Crippen molar-refractivity contribution >= 4 is 16.8 Å². The first kappa shape index (κ1) is 22.8. The number of H-pyrrole nitrogens is 1. The molecule has 4 nitrogen and oxygen atoms in total. The summed E-state index contributed by atoms with van der Waals surface area (Å²) >= 11 is 0. The summed E-state index contributed by atoms with van der Waals surface area (Å²) in [7, 11) is 1.41. The van der Waals surface area contributed by atoms with E-state index in [1.807, 2.05) is 24.3 Å². The molecule has 0 aliphatic carbocycles. The lowest BCUT2D eigenvalue weighted by Crippen LogP contribution is -2.33. The van der Waals surface area contributed by atoms with Gasteiger partial charge in [-0.25, -0.2) is 4.39 Å². The Morgan fingerprint density at radius 2 is 1.81 bits per heavy atom. The summed E-state index contributed by atoms with van der Waals surface area (Å²) in [6, 6.07) is 13.9. The van der Waals surface area contributed by atoms with Gasteiger partial charge in [0.15, 0.2) is 0 Å². The van der Waals surface area contributed by atoms with Gasteiger partial charge in [0.25, 0.3) is 0 Å². The maximum Gasteiger partial charge on any atom is 0.401 e. The molecule has 0 unspecified atom stereocenters. The number of carbonyl (C=O) groups is 1. The summed E-state index contributed by atoms with van der Waals surface area (Å²) < 4.78 is 50.3. The number of hydrogen-bond acceptors (Lipinski definition) is 2. The van der Waals surface area contributed by atoms with Crippen molar-refractivity contribution in [1.29, 1.82) is 0 Å². The molecular formula is C23H25F4N3O. The molecule has 166 valence electrons. The van der Waals surface area contributed by atoms with Crippen molar-refractivity contribution in [3.05, 3.63) is 59.9 Å². The molecule has 3 rings (SSSR count). The minimum atomic E-state index is -4.22. The maximum absolute atomic E-state index is 13.3. The molecule has 0 fully saturated rings. The fourth-order valence-electron chi connectivity index (χ4n) is 3.61. The average molecular weight is 435 g/mol. The summed E-state index contributed by atoms with van der Waals surface area (Å²) in [5.74, 6) is -0.476. The maximum atomic E-state index is 13.3. The quantitative estimate of drug-likeness (QED) is 0.371. The van der Waals surface area contributed by atoms with Crippen LogP contribution in [-0.2, 0) is 11.2 Å². The van der Waals surface area contributed by atoms with Crippen LogP contribution < -0.4 is 5.32 Å². The van der Waals surface area contributed by atoms with Crippen molar-refractivity contribution in [3.63, 3.8) is 0 Å². The number of aromatic amines is 1. The summed E-state index contributed by atoms with van der Waals surface area (Å²) in [5.41, 5.74) is 3.59. The number of halogens is 4. The molecule has 0 atom stereocenters. The van der Waals surface area contributed by atoms with Crippen molar-refractivity contribution in [2.24, 2.45) is 0 Å². The molecule has 1 heterocycles. The lowest BCUT2D eigenvalue weighted by Gasteiger charge is -2.18. The van der Waals surface area contributed by atoms with E-state index in [2.05, 4.69) is 10.3 Å². The molecule has 0 aliphatic heterocycles. The topological polar surface area (TPSA) is 48.1 Å². The molecule has 0 radical (unpaired) electrons. The third kappa shape index (κ3) is 6.55. The number of aromatic nitrogens is 1. The highest BCUT2D eigenvalue weighted by molar-refractivity contribution is 5.91. The van der Waals surface area contributed by atoms with Gasteiger partial charge in [0.05, 0.1) is 6.54 Å². The van der Waals surface area contributed by atoms with Gasteiger partial charge in [-0.3, -0.25) is 9.69 Å². The molecule has 0 aliphatic rings. The monoisotopic (exact) mass is 435 g/mol.